The highest BCUT2D eigenvalue weighted by Crippen LogP contribution is 2.30. The molecule has 0 aromatic heterocycles. The summed E-state index contributed by atoms with van der Waals surface area (Å²) in [6.07, 6.45) is 17.0. The lowest BCUT2D eigenvalue weighted by Gasteiger charge is -2.20. The van der Waals surface area contributed by atoms with Crippen molar-refractivity contribution in [1.29, 1.82) is 0 Å². The van der Waals surface area contributed by atoms with Gasteiger partial charge in [0.15, 0.2) is 8.32 Å². The molecule has 0 saturated carbocycles. The van der Waals surface area contributed by atoms with Crippen LogP contribution in [0, 0.1) is 0 Å². The third kappa shape index (κ3) is 7.37. The Kier molecular flexibility index (Phi) is 8.69. The topological polar surface area (TPSA) is 9.23 Å². The lowest BCUT2D eigenvalue weighted by atomic mass is 10.1. The summed E-state index contributed by atoms with van der Waals surface area (Å²) in [7, 11) is -1.23. The number of hydrogen-bond acceptors (Lipinski definition) is 1. The number of allylic oxidation sites excluding steroid dienone is 1. The highest BCUT2D eigenvalue weighted by atomic mass is 28.4. The lowest BCUT2D eigenvalue weighted by Crippen LogP contribution is -2.30. The van der Waals surface area contributed by atoms with Crippen LogP contribution in [0.25, 0.3) is 0 Å². The maximum Gasteiger partial charge on any atom is 0.190 e. The first-order valence-corrected chi connectivity index (χ1v) is 10.9. The van der Waals surface area contributed by atoms with E-state index in [2.05, 4.69) is 25.6 Å². The molecule has 1 saturated heterocycles. The summed E-state index contributed by atoms with van der Waals surface area (Å²) in [5, 5.41) is 0. The molecular formula is C16H32OSi. The van der Waals surface area contributed by atoms with Crippen molar-refractivity contribution < 1.29 is 4.43 Å². The second-order valence-corrected chi connectivity index (χ2v) is 10.2. The smallest absolute Gasteiger partial charge is 0.190 e. The van der Waals surface area contributed by atoms with E-state index in [1.807, 2.05) is 0 Å². The molecule has 1 fully saturated rings. The van der Waals surface area contributed by atoms with E-state index in [9.17, 15) is 0 Å². The molecule has 18 heavy (non-hydrogen) atoms. The van der Waals surface area contributed by atoms with Crippen molar-refractivity contribution in [3.63, 3.8) is 0 Å². The number of unbranched alkanes of at least 4 members (excludes halogenated alkanes) is 6. The van der Waals surface area contributed by atoms with Crippen molar-refractivity contribution in [2.45, 2.75) is 83.3 Å². The molecule has 0 bridgehead atoms. The van der Waals surface area contributed by atoms with Crippen LogP contribution in [0.3, 0.4) is 0 Å². The summed E-state index contributed by atoms with van der Waals surface area (Å²) in [5.74, 6) is 0. The standard InChI is InChI=1S/C16H32OSi/c1-3-4-5-6-7-8-9-10-11-14-17-18(2)15-12-13-16-18/h10-11H,3-9,12-16H2,1-2H3/b11-10+. The van der Waals surface area contributed by atoms with Gasteiger partial charge in [-0.1, -0.05) is 64.0 Å². The summed E-state index contributed by atoms with van der Waals surface area (Å²) in [4.78, 5) is 0. The fourth-order valence-electron chi connectivity index (χ4n) is 2.74. The molecule has 1 nitrogen and oxygen atoms in total. The van der Waals surface area contributed by atoms with Gasteiger partial charge in [-0.05, 0) is 31.5 Å². The molecule has 0 unspecified atom stereocenters. The first-order chi connectivity index (χ1) is 8.77. The highest BCUT2D eigenvalue weighted by molar-refractivity contribution is 6.73. The molecule has 1 aliphatic rings. The maximum atomic E-state index is 6.10. The highest BCUT2D eigenvalue weighted by Gasteiger charge is 2.32. The summed E-state index contributed by atoms with van der Waals surface area (Å²) in [6.45, 7) is 5.55. The van der Waals surface area contributed by atoms with Crippen LogP contribution in [0.15, 0.2) is 12.2 Å². The molecule has 0 aliphatic carbocycles. The molecule has 0 atom stereocenters. The van der Waals surface area contributed by atoms with E-state index in [1.54, 1.807) is 0 Å². The van der Waals surface area contributed by atoms with E-state index >= 15 is 0 Å². The van der Waals surface area contributed by atoms with E-state index in [4.69, 9.17) is 4.43 Å². The van der Waals surface area contributed by atoms with Crippen LogP contribution in [-0.2, 0) is 4.43 Å². The lowest BCUT2D eigenvalue weighted by molar-refractivity contribution is 0.351. The average molecular weight is 269 g/mol. The molecule has 1 rings (SSSR count). The van der Waals surface area contributed by atoms with Crippen molar-refractivity contribution in [3.8, 4) is 0 Å². The van der Waals surface area contributed by atoms with Crippen molar-refractivity contribution in [2.75, 3.05) is 6.61 Å². The normalized spacial score (nSPS) is 18.8. The SMILES string of the molecule is CCCCCCCC/C=C/CO[Si]1(C)CCCC1. The Morgan fingerprint density at radius 3 is 2.33 bits per heavy atom. The predicted octanol–water partition coefficient (Wildman–Crippen LogP) is 5.68. The largest absolute Gasteiger partial charge is 0.413 e. The molecule has 0 N–H and O–H groups in total. The molecule has 2 heteroatoms. The van der Waals surface area contributed by atoms with Crippen LogP contribution < -0.4 is 0 Å². The molecule has 1 heterocycles. The summed E-state index contributed by atoms with van der Waals surface area (Å²) in [6, 6.07) is 2.77. The summed E-state index contributed by atoms with van der Waals surface area (Å²) < 4.78 is 6.10. The van der Waals surface area contributed by atoms with Gasteiger partial charge in [-0.15, -0.1) is 0 Å². The van der Waals surface area contributed by atoms with Crippen LogP contribution in [0.4, 0.5) is 0 Å². The van der Waals surface area contributed by atoms with Crippen molar-refractivity contribution >= 4 is 8.32 Å². The Balaban J connectivity index is 1.88. The minimum atomic E-state index is -1.23. The fourth-order valence-corrected chi connectivity index (χ4v) is 5.78. The Labute approximate surface area is 115 Å². The van der Waals surface area contributed by atoms with E-state index in [0.717, 1.165) is 6.61 Å². The van der Waals surface area contributed by atoms with Crippen LogP contribution in [0.5, 0.6) is 0 Å². The molecule has 0 aromatic rings. The Bertz CT molecular complexity index is 219. The fraction of sp³-hybridized carbons (Fsp3) is 0.875. The van der Waals surface area contributed by atoms with E-state index in [1.165, 1.54) is 69.9 Å². The Morgan fingerprint density at radius 2 is 1.61 bits per heavy atom. The van der Waals surface area contributed by atoms with Crippen LogP contribution >= 0.6 is 0 Å². The van der Waals surface area contributed by atoms with Crippen molar-refractivity contribution in [3.05, 3.63) is 12.2 Å². The number of hydrogen-bond donors (Lipinski definition) is 0. The monoisotopic (exact) mass is 268 g/mol. The first-order valence-electron chi connectivity index (χ1n) is 8.06. The van der Waals surface area contributed by atoms with Crippen molar-refractivity contribution in [1.82, 2.24) is 0 Å². The van der Waals surface area contributed by atoms with Gasteiger partial charge in [-0.3, -0.25) is 0 Å². The second-order valence-electron chi connectivity index (χ2n) is 6.00. The first kappa shape index (κ1) is 16.0. The molecule has 0 spiro atoms. The average Bonchev–Trinajstić information content (AvgIpc) is 2.79. The van der Waals surface area contributed by atoms with E-state index in [-0.39, 0.29) is 0 Å². The predicted molar refractivity (Wildman–Crippen MR) is 83.6 cm³/mol. The molecular weight excluding hydrogens is 236 g/mol. The molecule has 106 valence electrons. The van der Waals surface area contributed by atoms with Gasteiger partial charge >= 0.3 is 0 Å². The third-order valence-electron chi connectivity index (χ3n) is 4.08. The zero-order valence-corrected chi connectivity index (χ0v) is 13.5. The molecule has 0 amide bonds. The zero-order valence-electron chi connectivity index (χ0n) is 12.5. The maximum absolute atomic E-state index is 6.10. The van der Waals surface area contributed by atoms with E-state index in [0.29, 0.717) is 0 Å². The van der Waals surface area contributed by atoms with Crippen LogP contribution in [0.1, 0.15) is 64.7 Å². The number of rotatable bonds is 10. The quantitative estimate of drug-likeness (QED) is 0.281. The summed E-state index contributed by atoms with van der Waals surface area (Å²) in [5.41, 5.74) is 0. The van der Waals surface area contributed by atoms with Gasteiger partial charge in [0.05, 0.1) is 6.61 Å². The minimum absolute atomic E-state index is 0.874. The Hall–Kier alpha value is -0.0831. The van der Waals surface area contributed by atoms with Crippen LogP contribution in [0.2, 0.25) is 18.6 Å². The Morgan fingerprint density at radius 1 is 0.944 bits per heavy atom. The van der Waals surface area contributed by atoms with Gasteiger partial charge in [0.1, 0.15) is 0 Å². The van der Waals surface area contributed by atoms with Crippen LogP contribution in [-0.4, -0.2) is 14.9 Å². The van der Waals surface area contributed by atoms with Gasteiger partial charge in [-0.25, -0.2) is 0 Å². The third-order valence-corrected chi connectivity index (χ3v) is 7.77. The van der Waals surface area contributed by atoms with Crippen molar-refractivity contribution in [2.24, 2.45) is 0 Å². The van der Waals surface area contributed by atoms with Gasteiger partial charge in [0.2, 0.25) is 0 Å². The molecule has 1 aliphatic heterocycles. The van der Waals surface area contributed by atoms with Gasteiger partial charge in [0, 0.05) is 0 Å². The molecule has 0 aromatic carbocycles. The zero-order chi connectivity index (χ0) is 13.1. The minimum Gasteiger partial charge on any atom is -0.413 e. The van der Waals surface area contributed by atoms with Gasteiger partial charge in [0.25, 0.3) is 0 Å². The second kappa shape index (κ2) is 9.80. The van der Waals surface area contributed by atoms with Gasteiger partial charge in [-0.2, -0.15) is 0 Å². The van der Waals surface area contributed by atoms with E-state index < -0.39 is 8.32 Å². The summed E-state index contributed by atoms with van der Waals surface area (Å²) >= 11 is 0. The van der Waals surface area contributed by atoms with Gasteiger partial charge < -0.3 is 4.43 Å². The molecule has 0 radical (unpaired) electrons.